The van der Waals surface area contributed by atoms with Gasteiger partial charge in [0.15, 0.2) is 11.4 Å². The SMILES string of the molecule is CC.Cc1cnn2c(C)cc(-c3ccco3)nc12. The van der Waals surface area contributed by atoms with Crippen molar-refractivity contribution >= 4 is 5.65 Å². The van der Waals surface area contributed by atoms with Gasteiger partial charge in [0, 0.05) is 11.3 Å². The molecule has 4 nitrogen and oxygen atoms in total. The van der Waals surface area contributed by atoms with Crippen LogP contribution >= 0.6 is 0 Å². The number of furan rings is 1. The molecule has 3 aromatic rings. The summed E-state index contributed by atoms with van der Waals surface area (Å²) in [5.41, 5.74) is 3.84. The third-order valence-electron chi connectivity index (χ3n) is 2.60. The van der Waals surface area contributed by atoms with Crippen LogP contribution in [0.3, 0.4) is 0 Å². The van der Waals surface area contributed by atoms with E-state index in [1.54, 1.807) is 6.26 Å². The molecule has 3 aromatic heterocycles. The molecule has 0 aliphatic heterocycles. The van der Waals surface area contributed by atoms with E-state index in [4.69, 9.17) is 4.42 Å². The Morgan fingerprint density at radius 2 is 2.00 bits per heavy atom. The Labute approximate surface area is 106 Å². The van der Waals surface area contributed by atoms with Crippen LogP contribution in [0, 0.1) is 13.8 Å². The highest BCUT2D eigenvalue weighted by molar-refractivity contribution is 5.58. The highest BCUT2D eigenvalue weighted by Crippen LogP contribution is 2.20. The predicted molar refractivity (Wildman–Crippen MR) is 71.5 cm³/mol. The van der Waals surface area contributed by atoms with E-state index >= 15 is 0 Å². The van der Waals surface area contributed by atoms with Crippen LogP contribution in [0.5, 0.6) is 0 Å². The van der Waals surface area contributed by atoms with Crippen molar-refractivity contribution in [3.63, 3.8) is 0 Å². The maximum atomic E-state index is 5.35. The number of aromatic nitrogens is 3. The Hall–Kier alpha value is -2.10. The zero-order chi connectivity index (χ0) is 13.1. The number of hydrogen-bond donors (Lipinski definition) is 0. The fourth-order valence-electron chi connectivity index (χ4n) is 1.77. The van der Waals surface area contributed by atoms with E-state index in [2.05, 4.69) is 10.1 Å². The van der Waals surface area contributed by atoms with Crippen molar-refractivity contribution in [3.05, 3.63) is 41.9 Å². The lowest BCUT2D eigenvalue weighted by atomic mass is 10.2. The van der Waals surface area contributed by atoms with Gasteiger partial charge in [-0.3, -0.25) is 0 Å². The minimum absolute atomic E-state index is 0.784. The fraction of sp³-hybridized carbons (Fsp3) is 0.286. The van der Waals surface area contributed by atoms with E-state index in [0.29, 0.717) is 0 Å². The topological polar surface area (TPSA) is 43.3 Å². The lowest BCUT2D eigenvalue weighted by Crippen LogP contribution is -1.97. The van der Waals surface area contributed by atoms with Gasteiger partial charge in [0.2, 0.25) is 0 Å². The van der Waals surface area contributed by atoms with Gasteiger partial charge >= 0.3 is 0 Å². The van der Waals surface area contributed by atoms with E-state index in [1.807, 2.05) is 56.6 Å². The molecule has 18 heavy (non-hydrogen) atoms. The average Bonchev–Trinajstić information content (AvgIpc) is 3.02. The summed E-state index contributed by atoms with van der Waals surface area (Å²) in [5, 5.41) is 4.26. The molecule has 0 N–H and O–H groups in total. The molecule has 0 spiro atoms. The summed E-state index contributed by atoms with van der Waals surface area (Å²) >= 11 is 0. The molecule has 0 radical (unpaired) electrons. The van der Waals surface area contributed by atoms with Crippen LogP contribution < -0.4 is 0 Å². The lowest BCUT2D eigenvalue weighted by molar-refractivity contribution is 0.580. The van der Waals surface area contributed by atoms with Crippen LogP contribution in [0.25, 0.3) is 17.1 Å². The molecule has 3 heterocycles. The maximum absolute atomic E-state index is 5.35. The molecule has 0 aliphatic carbocycles. The van der Waals surface area contributed by atoms with Gasteiger partial charge in [0.25, 0.3) is 0 Å². The second kappa shape index (κ2) is 5.04. The van der Waals surface area contributed by atoms with Gasteiger partial charge in [0.05, 0.1) is 12.5 Å². The standard InChI is InChI=1S/C12H11N3O.C2H6/c1-8-7-13-15-9(2)6-10(14-12(8)15)11-4-3-5-16-11;1-2/h3-7H,1-2H3;1-2H3. The van der Waals surface area contributed by atoms with Gasteiger partial charge in [-0.2, -0.15) is 5.10 Å². The average molecular weight is 243 g/mol. The zero-order valence-corrected chi connectivity index (χ0v) is 11.1. The summed E-state index contributed by atoms with van der Waals surface area (Å²) in [7, 11) is 0. The monoisotopic (exact) mass is 243 g/mol. The largest absolute Gasteiger partial charge is 0.463 e. The Morgan fingerprint density at radius 1 is 1.22 bits per heavy atom. The van der Waals surface area contributed by atoms with Crippen LogP contribution in [0.1, 0.15) is 25.1 Å². The summed E-state index contributed by atoms with van der Waals surface area (Å²) in [5.74, 6) is 0.784. The molecule has 0 amide bonds. The molecule has 0 unspecified atom stereocenters. The van der Waals surface area contributed by atoms with Gasteiger partial charge < -0.3 is 4.42 Å². The minimum Gasteiger partial charge on any atom is -0.463 e. The van der Waals surface area contributed by atoms with Gasteiger partial charge in [-0.25, -0.2) is 9.50 Å². The molecular formula is C14H17N3O. The van der Waals surface area contributed by atoms with Crippen molar-refractivity contribution in [2.75, 3.05) is 0 Å². The summed E-state index contributed by atoms with van der Waals surface area (Å²) in [6.07, 6.45) is 3.47. The highest BCUT2D eigenvalue weighted by Gasteiger charge is 2.09. The summed E-state index contributed by atoms with van der Waals surface area (Å²) in [4.78, 5) is 4.54. The molecular weight excluding hydrogens is 226 g/mol. The van der Waals surface area contributed by atoms with E-state index in [9.17, 15) is 0 Å². The first-order valence-corrected chi connectivity index (χ1v) is 6.11. The minimum atomic E-state index is 0.784. The number of hydrogen-bond acceptors (Lipinski definition) is 3. The molecule has 0 aromatic carbocycles. The first-order chi connectivity index (χ1) is 8.75. The molecule has 4 heteroatoms. The third kappa shape index (κ3) is 2.01. The zero-order valence-electron chi connectivity index (χ0n) is 11.1. The quantitative estimate of drug-likeness (QED) is 0.655. The van der Waals surface area contributed by atoms with E-state index < -0.39 is 0 Å². The van der Waals surface area contributed by atoms with Gasteiger partial charge in [0.1, 0.15) is 5.69 Å². The maximum Gasteiger partial charge on any atom is 0.158 e. The van der Waals surface area contributed by atoms with Gasteiger partial charge in [-0.15, -0.1) is 0 Å². The number of rotatable bonds is 1. The van der Waals surface area contributed by atoms with Gasteiger partial charge in [-0.1, -0.05) is 13.8 Å². The van der Waals surface area contributed by atoms with Crippen molar-refractivity contribution in [1.82, 2.24) is 14.6 Å². The third-order valence-corrected chi connectivity index (χ3v) is 2.60. The van der Waals surface area contributed by atoms with E-state index in [1.165, 1.54) is 0 Å². The van der Waals surface area contributed by atoms with E-state index in [-0.39, 0.29) is 0 Å². The smallest absolute Gasteiger partial charge is 0.158 e. The molecule has 0 bridgehead atoms. The van der Waals surface area contributed by atoms with Crippen molar-refractivity contribution in [3.8, 4) is 11.5 Å². The number of fused-ring (bicyclic) bond motifs is 1. The van der Waals surface area contributed by atoms with Crippen LogP contribution in [0.15, 0.2) is 35.1 Å². The van der Waals surface area contributed by atoms with Crippen molar-refractivity contribution in [2.24, 2.45) is 0 Å². The van der Waals surface area contributed by atoms with Crippen LogP contribution in [-0.2, 0) is 0 Å². The number of nitrogens with zero attached hydrogens (tertiary/aromatic N) is 3. The highest BCUT2D eigenvalue weighted by atomic mass is 16.3. The summed E-state index contributed by atoms with van der Waals surface area (Å²) in [6.45, 7) is 8.01. The summed E-state index contributed by atoms with van der Waals surface area (Å²) < 4.78 is 7.18. The number of aryl methyl sites for hydroxylation is 2. The predicted octanol–water partition coefficient (Wildman–Crippen LogP) is 3.63. The van der Waals surface area contributed by atoms with Crippen molar-refractivity contribution < 1.29 is 4.42 Å². The second-order valence-corrected chi connectivity index (χ2v) is 3.82. The second-order valence-electron chi connectivity index (χ2n) is 3.82. The van der Waals surface area contributed by atoms with Crippen LogP contribution in [-0.4, -0.2) is 14.6 Å². The van der Waals surface area contributed by atoms with Crippen LogP contribution in [0.2, 0.25) is 0 Å². The van der Waals surface area contributed by atoms with Crippen LogP contribution in [0.4, 0.5) is 0 Å². The molecule has 0 aliphatic rings. The Morgan fingerprint density at radius 3 is 2.67 bits per heavy atom. The molecule has 94 valence electrons. The fourth-order valence-corrected chi connectivity index (χ4v) is 1.77. The lowest BCUT2D eigenvalue weighted by Gasteiger charge is -2.02. The first-order valence-electron chi connectivity index (χ1n) is 6.11. The Bertz CT molecular complexity index is 638. The first kappa shape index (κ1) is 12.4. The van der Waals surface area contributed by atoms with Crippen molar-refractivity contribution in [1.29, 1.82) is 0 Å². The molecule has 0 atom stereocenters. The van der Waals surface area contributed by atoms with Gasteiger partial charge in [-0.05, 0) is 32.0 Å². The Kier molecular flexibility index (Phi) is 3.46. The molecule has 0 saturated carbocycles. The normalized spacial score (nSPS) is 10.2. The van der Waals surface area contributed by atoms with E-state index in [0.717, 1.165) is 28.4 Å². The Balaban J connectivity index is 0.000000574. The van der Waals surface area contributed by atoms with Crippen molar-refractivity contribution in [2.45, 2.75) is 27.7 Å². The molecule has 3 rings (SSSR count). The molecule has 0 saturated heterocycles. The molecule has 0 fully saturated rings. The summed E-state index contributed by atoms with van der Waals surface area (Å²) in [6, 6.07) is 5.74.